The number of benzene rings is 1. The lowest BCUT2D eigenvalue weighted by molar-refractivity contribution is -0.162. The third-order valence-corrected chi connectivity index (χ3v) is 3.16. The number of hydrogen-bond acceptors (Lipinski definition) is 0. The number of hydrogen-bond donors (Lipinski definition) is 0. The lowest BCUT2D eigenvalue weighted by atomic mass is 10.0. The summed E-state index contributed by atoms with van der Waals surface area (Å²) in [6.07, 6.45) is -10.0. The molecular formula is C9H5F6I. The standard InChI is InChI=1S/C9H5F6I/c1-4-6(16)3-2-5(8(10,11)12)7(4)9(13,14)15/h2-3H,1H3. The highest BCUT2D eigenvalue weighted by Crippen LogP contribution is 2.42. The highest BCUT2D eigenvalue weighted by atomic mass is 127. The Balaban J connectivity index is 3.59. The first-order valence-electron chi connectivity index (χ1n) is 3.98. The van der Waals surface area contributed by atoms with Crippen LogP contribution in [0.5, 0.6) is 0 Å². The monoisotopic (exact) mass is 354 g/mol. The molecule has 0 aliphatic rings. The maximum Gasteiger partial charge on any atom is 0.417 e. The van der Waals surface area contributed by atoms with E-state index in [1.54, 1.807) is 22.6 Å². The summed E-state index contributed by atoms with van der Waals surface area (Å²) in [4.78, 5) is 0. The van der Waals surface area contributed by atoms with E-state index >= 15 is 0 Å². The van der Waals surface area contributed by atoms with Crippen LogP contribution in [0, 0.1) is 10.5 Å². The number of halogens is 7. The molecule has 0 aliphatic carbocycles. The van der Waals surface area contributed by atoms with Crippen LogP contribution in [0.15, 0.2) is 12.1 Å². The summed E-state index contributed by atoms with van der Waals surface area (Å²) >= 11 is 1.57. The molecule has 0 aromatic heterocycles. The Hall–Kier alpha value is -0.470. The van der Waals surface area contributed by atoms with E-state index in [-0.39, 0.29) is 3.57 Å². The quantitative estimate of drug-likeness (QED) is 0.471. The van der Waals surface area contributed by atoms with Crippen molar-refractivity contribution >= 4 is 22.6 Å². The summed E-state index contributed by atoms with van der Waals surface area (Å²) in [5.74, 6) is 0. The molecule has 1 aromatic carbocycles. The van der Waals surface area contributed by atoms with Gasteiger partial charge in [-0.3, -0.25) is 0 Å². The Morgan fingerprint density at radius 3 is 1.81 bits per heavy atom. The zero-order valence-corrected chi connectivity index (χ0v) is 9.96. The van der Waals surface area contributed by atoms with Crippen LogP contribution in [0.2, 0.25) is 0 Å². The molecule has 0 amide bonds. The average Bonchev–Trinajstić information content (AvgIpc) is 2.05. The first-order valence-corrected chi connectivity index (χ1v) is 5.06. The predicted molar refractivity (Wildman–Crippen MR) is 53.9 cm³/mol. The van der Waals surface area contributed by atoms with E-state index in [1.807, 2.05) is 0 Å². The fourth-order valence-corrected chi connectivity index (χ4v) is 1.74. The zero-order valence-electron chi connectivity index (χ0n) is 7.80. The van der Waals surface area contributed by atoms with Crippen LogP contribution in [0.4, 0.5) is 26.3 Å². The van der Waals surface area contributed by atoms with E-state index in [4.69, 9.17) is 0 Å². The third kappa shape index (κ3) is 2.61. The topological polar surface area (TPSA) is 0 Å². The van der Waals surface area contributed by atoms with Gasteiger partial charge in [-0.25, -0.2) is 0 Å². The normalized spacial score (nSPS) is 13.0. The van der Waals surface area contributed by atoms with E-state index in [1.165, 1.54) is 0 Å². The van der Waals surface area contributed by atoms with Gasteiger partial charge in [-0.2, -0.15) is 26.3 Å². The van der Waals surface area contributed by atoms with Crippen molar-refractivity contribution < 1.29 is 26.3 Å². The maximum atomic E-state index is 12.5. The van der Waals surface area contributed by atoms with Crippen molar-refractivity contribution in [1.29, 1.82) is 0 Å². The van der Waals surface area contributed by atoms with Crippen molar-refractivity contribution in [2.24, 2.45) is 0 Å². The van der Waals surface area contributed by atoms with Gasteiger partial charge in [-0.1, -0.05) is 0 Å². The Morgan fingerprint density at radius 2 is 1.44 bits per heavy atom. The summed E-state index contributed by atoms with van der Waals surface area (Å²) in [6.45, 7) is 1.03. The second-order valence-corrected chi connectivity index (χ2v) is 4.25. The third-order valence-electron chi connectivity index (χ3n) is 1.99. The van der Waals surface area contributed by atoms with E-state index in [0.29, 0.717) is 6.07 Å². The lowest BCUT2D eigenvalue weighted by Gasteiger charge is -2.18. The largest absolute Gasteiger partial charge is 0.417 e. The highest BCUT2D eigenvalue weighted by Gasteiger charge is 2.44. The highest BCUT2D eigenvalue weighted by molar-refractivity contribution is 14.1. The van der Waals surface area contributed by atoms with Crippen LogP contribution in [-0.4, -0.2) is 0 Å². The van der Waals surface area contributed by atoms with Gasteiger partial charge in [0.25, 0.3) is 0 Å². The van der Waals surface area contributed by atoms with Gasteiger partial charge < -0.3 is 0 Å². The van der Waals surface area contributed by atoms with Crippen molar-refractivity contribution in [2.45, 2.75) is 19.3 Å². The summed E-state index contributed by atoms with van der Waals surface area (Å²) < 4.78 is 74.9. The average molecular weight is 354 g/mol. The van der Waals surface area contributed by atoms with Gasteiger partial charge in [0.05, 0.1) is 11.1 Å². The molecule has 0 spiro atoms. The molecule has 0 saturated heterocycles. The Morgan fingerprint density at radius 1 is 0.938 bits per heavy atom. The molecule has 0 unspecified atom stereocenters. The summed E-state index contributed by atoms with van der Waals surface area (Å²) in [7, 11) is 0. The van der Waals surface area contributed by atoms with E-state index in [0.717, 1.165) is 13.0 Å². The first kappa shape index (κ1) is 13.6. The molecule has 0 nitrogen and oxygen atoms in total. The van der Waals surface area contributed by atoms with Gasteiger partial charge >= 0.3 is 12.4 Å². The van der Waals surface area contributed by atoms with E-state index < -0.39 is 29.0 Å². The van der Waals surface area contributed by atoms with E-state index in [9.17, 15) is 26.3 Å². The second-order valence-electron chi connectivity index (χ2n) is 3.09. The Bertz CT molecular complexity index is 404. The van der Waals surface area contributed by atoms with Gasteiger partial charge in [0.15, 0.2) is 0 Å². The van der Waals surface area contributed by atoms with Gasteiger partial charge in [-0.05, 0) is 47.2 Å². The van der Waals surface area contributed by atoms with Crippen LogP contribution in [-0.2, 0) is 12.4 Å². The van der Waals surface area contributed by atoms with Crippen molar-refractivity contribution in [2.75, 3.05) is 0 Å². The molecule has 0 bridgehead atoms. The van der Waals surface area contributed by atoms with Crippen LogP contribution < -0.4 is 0 Å². The first-order chi connectivity index (χ1) is 7.05. The second kappa shape index (κ2) is 4.08. The van der Waals surface area contributed by atoms with Gasteiger partial charge in [0.1, 0.15) is 0 Å². The molecule has 1 rings (SSSR count). The minimum absolute atomic E-state index is 0.151. The van der Waals surface area contributed by atoms with Crippen molar-refractivity contribution in [3.63, 3.8) is 0 Å². The molecular weight excluding hydrogens is 349 g/mol. The Kier molecular flexibility index (Phi) is 3.47. The van der Waals surface area contributed by atoms with Crippen molar-refractivity contribution in [1.82, 2.24) is 0 Å². The Labute approximate surface area is 101 Å². The fraction of sp³-hybridized carbons (Fsp3) is 0.333. The minimum atomic E-state index is -5.00. The zero-order chi connectivity index (χ0) is 12.7. The maximum absolute atomic E-state index is 12.5. The SMILES string of the molecule is Cc1c(I)ccc(C(F)(F)F)c1C(F)(F)F. The van der Waals surface area contributed by atoms with E-state index in [2.05, 4.69) is 0 Å². The van der Waals surface area contributed by atoms with Crippen LogP contribution in [0.1, 0.15) is 16.7 Å². The lowest BCUT2D eigenvalue weighted by Crippen LogP contribution is -2.18. The molecule has 0 radical (unpaired) electrons. The molecule has 0 heterocycles. The predicted octanol–water partition coefficient (Wildman–Crippen LogP) is 4.64. The molecule has 0 N–H and O–H groups in total. The summed E-state index contributed by atoms with van der Waals surface area (Å²) in [5.41, 5.74) is -3.65. The number of alkyl halides is 6. The van der Waals surface area contributed by atoms with Gasteiger partial charge in [-0.15, -0.1) is 0 Å². The molecule has 0 atom stereocenters. The molecule has 7 heteroatoms. The number of rotatable bonds is 0. The molecule has 16 heavy (non-hydrogen) atoms. The molecule has 0 fully saturated rings. The van der Waals surface area contributed by atoms with Crippen molar-refractivity contribution in [3.8, 4) is 0 Å². The summed E-state index contributed by atoms with van der Waals surface area (Å²) in [5, 5.41) is 0. The molecule has 90 valence electrons. The van der Waals surface area contributed by atoms with Gasteiger partial charge in [0, 0.05) is 3.57 Å². The van der Waals surface area contributed by atoms with Crippen LogP contribution in [0.25, 0.3) is 0 Å². The van der Waals surface area contributed by atoms with Gasteiger partial charge in [0.2, 0.25) is 0 Å². The van der Waals surface area contributed by atoms with Crippen molar-refractivity contribution in [3.05, 3.63) is 32.4 Å². The fourth-order valence-electron chi connectivity index (χ4n) is 1.29. The molecule has 1 aromatic rings. The summed E-state index contributed by atoms with van der Waals surface area (Å²) in [6, 6.07) is 1.48. The minimum Gasteiger partial charge on any atom is -0.166 e. The molecule has 0 aliphatic heterocycles. The van der Waals surface area contributed by atoms with Crippen LogP contribution >= 0.6 is 22.6 Å². The molecule has 0 saturated carbocycles. The smallest absolute Gasteiger partial charge is 0.166 e. The van der Waals surface area contributed by atoms with Crippen LogP contribution in [0.3, 0.4) is 0 Å².